The smallest absolute Gasteiger partial charge is 0.253 e. The van der Waals surface area contributed by atoms with E-state index in [0.29, 0.717) is 35.7 Å². The molecule has 2 aliphatic rings. The average molecular weight is 639 g/mol. The summed E-state index contributed by atoms with van der Waals surface area (Å²) in [5.41, 5.74) is 11.0. The van der Waals surface area contributed by atoms with Gasteiger partial charge in [0, 0.05) is 67.5 Å². The van der Waals surface area contributed by atoms with Gasteiger partial charge < -0.3 is 20.4 Å². The number of nitrogens with one attached hydrogen (secondary N) is 1. The number of likely N-dealkylation sites (tertiary alicyclic amines) is 1. The summed E-state index contributed by atoms with van der Waals surface area (Å²) in [5.74, 6) is -2.13. The average Bonchev–Trinajstić information content (AvgIpc) is 3.77. The minimum Gasteiger partial charge on any atom is -0.460 e. The van der Waals surface area contributed by atoms with Crippen molar-refractivity contribution in [2.75, 3.05) is 25.4 Å². The van der Waals surface area contributed by atoms with Crippen LogP contribution in [-0.4, -0.2) is 47.3 Å². The normalized spacial score (nSPS) is 18.7. The summed E-state index contributed by atoms with van der Waals surface area (Å²) in [5, 5.41) is 3.87. The fourth-order valence-electron chi connectivity index (χ4n) is 6.29. The van der Waals surface area contributed by atoms with Crippen molar-refractivity contribution < 1.29 is 27.2 Å². The summed E-state index contributed by atoms with van der Waals surface area (Å²) in [6, 6.07) is 22.9. The van der Waals surface area contributed by atoms with Gasteiger partial charge in [0.15, 0.2) is 0 Å². The van der Waals surface area contributed by atoms with Gasteiger partial charge in [0.05, 0.1) is 0 Å². The van der Waals surface area contributed by atoms with Gasteiger partial charge in [-0.2, -0.15) is 0 Å². The van der Waals surface area contributed by atoms with E-state index in [4.69, 9.17) is 10.2 Å². The quantitative estimate of drug-likeness (QED) is 0.187. The monoisotopic (exact) mass is 638 g/mol. The number of anilines is 1. The van der Waals surface area contributed by atoms with Crippen LogP contribution in [0.3, 0.4) is 0 Å². The number of hydrogen-bond donors (Lipinski definition) is 2. The molecule has 7 rings (SSSR count). The van der Waals surface area contributed by atoms with Crippen molar-refractivity contribution in [2.45, 2.75) is 37.5 Å². The van der Waals surface area contributed by atoms with Gasteiger partial charge in [0.1, 0.15) is 23.0 Å². The van der Waals surface area contributed by atoms with Crippen LogP contribution in [0.1, 0.15) is 46.9 Å². The van der Waals surface area contributed by atoms with E-state index in [2.05, 4.69) is 10.3 Å². The molecule has 2 atom stereocenters. The van der Waals surface area contributed by atoms with Gasteiger partial charge in [-0.05, 0) is 83.1 Å². The third kappa shape index (κ3) is 6.58. The molecular formula is C37H33F3N4O3. The van der Waals surface area contributed by atoms with Crippen molar-refractivity contribution >= 4 is 28.6 Å². The van der Waals surface area contributed by atoms with Gasteiger partial charge in [-0.25, -0.2) is 18.2 Å². The van der Waals surface area contributed by atoms with Crippen LogP contribution in [-0.2, 0) is 11.2 Å². The van der Waals surface area contributed by atoms with E-state index in [1.54, 1.807) is 36.5 Å². The molecule has 1 saturated heterocycles. The number of pyridine rings is 1. The fraction of sp³-hybridized carbons (Fsp3) is 0.270. The molecule has 2 aromatic heterocycles. The van der Waals surface area contributed by atoms with E-state index in [1.165, 1.54) is 17.0 Å². The van der Waals surface area contributed by atoms with Crippen LogP contribution >= 0.6 is 0 Å². The number of piperidine rings is 1. The number of aromatic nitrogens is 1. The van der Waals surface area contributed by atoms with E-state index in [0.717, 1.165) is 39.6 Å². The first kappa shape index (κ1) is 30.5. The zero-order chi connectivity index (χ0) is 32.7. The van der Waals surface area contributed by atoms with E-state index in [9.17, 15) is 22.8 Å². The zero-order valence-electron chi connectivity index (χ0n) is 25.5. The molecule has 0 unspecified atom stereocenters. The van der Waals surface area contributed by atoms with Crippen LogP contribution < -0.4 is 11.1 Å². The van der Waals surface area contributed by atoms with E-state index in [1.807, 2.05) is 36.4 Å². The lowest BCUT2D eigenvalue weighted by molar-refractivity contribution is -0.122. The minimum atomic E-state index is -2.72. The second-order valence-electron chi connectivity index (χ2n) is 12.4. The molecule has 1 aliphatic carbocycles. The number of fused-ring (bicyclic) bond motifs is 1. The molecule has 3 aromatic carbocycles. The Bertz CT molecular complexity index is 1930. The van der Waals surface area contributed by atoms with Gasteiger partial charge in [-0.1, -0.05) is 30.3 Å². The zero-order valence-corrected chi connectivity index (χ0v) is 25.5. The Morgan fingerprint density at radius 3 is 2.36 bits per heavy atom. The Hall–Kier alpha value is -5.12. The van der Waals surface area contributed by atoms with Crippen LogP contribution in [0.25, 0.3) is 33.2 Å². The number of nitrogen functional groups attached to an aromatic ring is 1. The predicted molar refractivity (Wildman–Crippen MR) is 173 cm³/mol. The summed E-state index contributed by atoms with van der Waals surface area (Å²) in [7, 11) is 0. The van der Waals surface area contributed by atoms with Gasteiger partial charge in [-0.3, -0.25) is 9.59 Å². The molecule has 240 valence electrons. The number of benzene rings is 3. The Balaban J connectivity index is 1.08. The Labute approximate surface area is 269 Å². The summed E-state index contributed by atoms with van der Waals surface area (Å²) >= 11 is 0. The number of halogens is 3. The standard InChI is InChI=1S/C37H33F3N4O3/c38-28-8-5-23(6-9-28)31-19-26(22-1-3-24(4-2-22)36(46)44-15-12-37(39,40)13-16-44)17-27-18-29(47-34(27)31)11-14-42-35(45)32-20-30(32)25-7-10-33(41)43-21-25/h1-10,17-19,21,30,32H,11-16,20H2,(H2,41,43)(H,42,45)/t30-,32+/m1/s1. The number of rotatable bonds is 8. The van der Waals surface area contributed by atoms with Crippen molar-refractivity contribution in [3.05, 3.63) is 108 Å². The number of carbonyl (C=O) groups excluding carboxylic acids is 2. The molecule has 3 N–H and O–H groups in total. The molecule has 5 aromatic rings. The number of carbonyl (C=O) groups is 2. The maximum absolute atomic E-state index is 13.8. The molecule has 2 amide bonds. The number of amides is 2. The fourth-order valence-corrected chi connectivity index (χ4v) is 6.29. The summed E-state index contributed by atoms with van der Waals surface area (Å²) < 4.78 is 47.3. The first-order chi connectivity index (χ1) is 22.6. The molecule has 47 heavy (non-hydrogen) atoms. The van der Waals surface area contributed by atoms with Crippen molar-refractivity contribution in [2.24, 2.45) is 5.92 Å². The van der Waals surface area contributed by atoms with E-state index in [-0.39, 0.29) is 55.4 Å². The SMILES string of the molecule is Nc1ccc([C@H]2C[C@@H]2C(=O)NCCc2cc3cc(-c4ccc(C(=O)N5CCC(F)(F)CC5)cc4)cc(-c4ccc(F)cc4)c3o2)cn1. The van der Waals surface area contributed by atoms with Gasteiger partial charge in [0.2, 0.25) is 5.91 Å². The number of nitrogens with zero attached hydrogens (tertiary/aromatic N) is 2. The molecule has 1 saturated carbocycles. The summed E-state index contributed by atoms with van der Waals surface area (Å²) in [4.78, 5) is 31.4. The lowest BCUT2D eigenvalue weighted by Gasteiger charge is -2.31. The predicted octanol–water partition coefficient (Wildman–Crippen LogP) is 7.22. The Kier molecular flexibility index (Phi) is 7.95. The van der Waals surface area contributed by atoms with E-state index < -0.39 is 5.92 Å². The molecule has 7 nitrogen and oxygen atoms in total. The first-order valence-electron chi connectivity index (χ1n) is 15.7. The van der Waals surface area contributed by atoms with Crippen LogP contribution in [0.15, 0.2) is 89.5 Å². The van der Waals surface area contributed by atoms with Crippen molar-refractivity contribution in [3.8, 4) is 22.3 Å². The summed E-state index contributed by atoms with van der Waals surface area (Å²) in [6.45, 7) is 0.463. The Morgan fingerprint density at radius 1 is 0.936 bits per heavy atom. The molecular weight excluding hydrogens is 605 g/mol. The molecule has 0 radical (unpaired) electrons. The Morgan fingerprint density at radius 2 is 1.66 bits per heavy atom. The van der Waals surface area contributed by atoms with Crippen molar-refractivity contribution in [3.63, 3.8) is 0 Å². The molecule has 3 heterocycles. The second kappa shape index (κ2) is 12.2. The van der Waals surface area contributed by atoms with Gasteiger partial charge in [-0.15, -0.1) is 0 Å². The number of nitrogens with two attached hydrogens (primary N) is 1. The molecule has 2 fully saturated rings. The second-order valence-corrected chi connectivity index (χ2v) is 12.4. The van der Waals surface area contributed by atoms with Gasteiger partial charge >= 0.3 is 0 Å². The minimum absolute atomic E-state index is 0.00243. The third-order valence-corrected chi connectivity index (χ3v) is 9.11. The van der Waals surface area contributed by atoms with Crippen molar-refractivity contribution in [1.82, 2.24) is 15.2 Å². The van der Waals surface area contributed by atoms with Crippen LogP contribution in [0, 0.1) is 11.7 Å². The topological polar surface area (TPSA) is 101 Å². The van der Waals surface area contributed by atoms with E-state index >= 15 is 0 Å². The third-order valence-electron chi connectivity index (χ3n) is 9.11. The molecule has 0 spiro atoms. The largest absolute Gasteiger partial charge is 0.460 e. The highest BCUT2D eigenvalue weighted by atomic mass is 19.3. The highest BCUT2D eigenvalue weighted by molar-refractivity contribution is 5.98. The lowest BCUT2D eigenvalue weighted by Crippen LogP contribution is -2.42. The maximum atomic E-state index is 13.8. The highest BCUT2D eigenvalue weighted by Crippen LogP contribution is 2.47. The van der Waals surface area contributed by atoms with Crippen molar-refractivity contribution in [1.29, 1.82) is 0 Å². The summed E-state index contributed by atoms with van der Waals surface area (Å²) in [6.07, 6.45) is 2.33. The molecule has 1 aliphatic heterocycles. The number of alkyl halides is 2. The maximum Gasteiger partial charge on any atom is 0.253 e. The lowest BCUT2D eigenvalue weighted by atomic mass is 9.96. The number of hydrogen-bond acceptors (Lipinski definition) is 5. The highest BCUT2D eigenvalue weighted by Gasteiger charge is 2.44. The van der Waals surface area contributed by atoms with Gasteiger partial charge in [0.25, 0.3) is 11.8 Å². The molecule has 0 bridgehead atoms. The number of furan rings is 1. The van der Waals surface area contributed by atoms with Crippen LogP contribution in [0.4, 0.5) is 19.0 Å². The first-order valence-corrected chi connectivity index (χ1v) is 15.7. The van der Waals surface area contributed by atoms with Crippen LogP contribution in [0.5, 0.6) is 0 Å². The molecule has 10 heteroatoms. The van der Waals surface area contributed by atoms with Crippen LogP contribution in [0.2, 0.25) is 0 Å².